The van der Waals surface area contributed by atoms with E-state index in [1.165, 1.54) is 0 Å². The van der Waals surface area contributed by atoms with E-state index in [4.69, 9.17) is 21.7 Å². The van der Waals surface area contributed by atoms with E-state index in [1.54, 1.807) is 0 Å². The number of hydrogen-bond acceptors (Lipinski definition) is 12. The van der Waals surface area contributed by atoms with Crippen LogP contribution >= 0.6 is 0 Å². The minimum absolute atomic E-state index is 0.216. The van der Waals surface area contributed by atoms with Crippen molar-refractivity contribution in [2.24, 2.45) is 11.5 Å². The second-order valence-corrected chi connectivity index (χ2v) is 7.44. The van der Waals surface area contributed by atoms with Crippen molar-refractivity contribution in [1.29, 1.82) is 0 Å². The molecule has 0 saturated heterocycles. The molecule has 0 rings (SSSR count). The molecular formula is C18H32N6O12. The fourth-order valence-electron chi connectivity index (χ4n) is 2.46. The number of nitrogens with two attached hydrogens (primary N) is 2. The third-order valence-electron chi connectivity index (χ3n) is 4.44. The second-order valence-electron chi connectivity index (χ2n) is 7.44. The minimum Gasteiger partial charge on any atom is -0.481 e. The van der Waals surface area contributed by atoms with E-state index in [2.05, 4.69) is 21.3 Å². The van der Waals surface area contributed by atoms with Crippen molar-refractivity contribution in [1.82, 2.24) is 21.3 Å². The molecule has 206 valence electrons. The molecule has 0 aromatic heterocycles. The highest BCUT2D eigenvalue weighted by Crippen LogP contribution is 2.06. The number of carboxylic acids is 2. The fourth-order valence-corrected chi connectivity index (χ4v) is 2.46. The molecule has 0 saturated carbocycles. The Morgan fingerprint density at radius 3 is 1.03 bits per heavy atom. The molecule has 0 aromatic carbocycles. The number of carbonyl (C=O) groups is 6. The average Bonchev–Trinajstić information content (AvgIpc) is 2.80. The van der Waals surface area contributed by atoms with Crippen LogP contribution in [-0.4, -0.2) is 129 Å². The van der Waals surface area contributed by atoms with Gasteiger partial charge < -0.3 is 63.4 Å². The van der Waals surface area contributed by atoms with Gasteiger partial charge in [-0.2, -0.15) is 0 Å². The first kappa shape index (κ1) is 32.6. The molecule has 0 aliphatic rings. The van der Waals surface area contributed by atoms with Gasteiger partial charge >= 0.3 is 11.9 Å². The Morgan fingerprint density at radius 2 is 0.778 bits per heavy atom. The highest BCUT2D eigenvalue weighted by molar-refractivity contribution is 5.87. The van der Waals surface area contributed by atoms with Crippen LogP contribution < -0.4 is 32.7 Å². The van der Waals surface area contributed by atoms with Gasteiger partial charge in [-0.3, -0.25) is 28.8 Å². The third-order valence-corrected chi connectivity index (χ3v) is 4.44. The maximum absolute atomic E-state index is 11.9. The predicted octanol–water partition coefficient (Wildman–Crippen LogP) is -7.50. The Hall–Kier alpha value is -3.42. The van der Waals surface area contributed by atoms with Gasteiger partial charge in [0.2, 0.25) is 11.8 Å². The number of aliphatic hydroxyl groups excluding tert-OH is 4. The van der Waals surface area contributed by atoms with E-state index in [-0.39, 0.29) is 26.2 Å². The second kappa shape index (κ2) is 16.3. The summed E-state index contributed by atoms with van der Waals surface area (Å²) in [7, 11) is 0. The summed E-state index contributed by atoms with van der Waals surface area (Å²) in [6, 6.07) is -2.64. The normalized spacial score (nSPS) is 15.8. The number of nitrogens with one attached hydrogen (secondary N) is 4. The van der Waals surface area contributed by atoms with Crippen molar-refractivity contribution in [2.45, 2.75) is 49.3 Å². The molecular weight excluding hydrogens is 492 g/mol. The molecule has 18 nitrogen and oxygen atoms in total. The van der Waals surface area contributed by atoms with E-state index in [1.807, 2.05) is 0 Å². The molecule has 0 unspecified atom stereocenters. The van der Waals surface area contributed by atoms with Crippen LogP contribution in [0.25, 0.3) is 0 Å². The van der Waals surface area contributed by atoms with Crippen molar-refractivity contribution in [3.05, 3.63) is 0 Å². The number of amides is 4. The number of hydrogen-bond donors (Lipinski definition) is 12. The summed E-state index contributed by atoms with van der Waals surface area (Å²) in [5.41, 5.74) is 10.7. The van der Waals surface area contributed by atoms with Crippen molar-refractivity contribution in [3.63, 3.8) is 0 Å². The first-order valence-electron chi connectivity index (χ1n) is 10.5. The zero-order valence-electron chi connectivity index (χ0n) is 19.0. The Labute approximate surface area is 204 Å². The number of carboxylic acid groups (broad SMARTS) is 2. The van der Waals surface area contributed by atoms with Crippen LogP contribution in [-0.2, 0) is 28.8 Å². The van der Waals surface area contributed by atoms with Gasteiger partial charge in [0, 0.05) is 26.2 Å². The fraction of sp³-hybridized carbons (Fsp3) is 0.667. The van der Waals surface area contributed by atoms with Gasteiger partial charge in [0.05, 0.1) is 24.9 Å². The lowest BCUT2D eigenvalue weighted by Gasteiger charge is -2.25. The highest BCUT2D eigenvalue weighted by Gasteiger charge is 2.37. The molecule has 14 N–H and O–H groups in total. The smallest absolute Gasteiger partial charge is 0.305 e. The highest BCUT2D eigenvalue weighted by atomic mass is 16.4. The largest absolute Gasteiger partial charge is 0.481 e. The quantitative estimate of drug-likeness (QED) is 0.0786. The van der Waals surface area contributed by atoms with Crippen LogP contribution in [0.1, 0.15) is 12.8 Å². The topological polar surface area (TPSA) is 324 Å². The molecule has 0 radical (unpaired) electrons. The standard InChI is InChI=1S/C18H32N6O12/c19-7(5-9(25)26)15(33)21-1-3-23-17(35)13(31)11(29)12(30)14(32)18(36)24-4-2-22-16(34)8(20)6-10(27)28/h7-8,11-14,29-32H,1-6,19-20H2,(H,21,33)(H,22,34)(H,23,35)(H,24,36)(H,25,26)(H,27,28)/t7-,8-,11-,12+,13+,14-/m1/s1. The Bertz CT molecular complexity index is 733. The van der Waals surface area contributed by atoms with Crippen LogP contribution in [0, 0.1) is 0 Å². The molecule has 0 aromatic rings. The first-order chi connectivity index (χ1) is 16.7. The van der Waals surface area contributed by atoms with Crippen LogP contribution in [0.2, 0.25) is 0 Å². The monoisotopic (exact) mass is 524 g/mol. The Morgan fingerprint density at radius 1 is 0.528 bits per heavy atom. The minimum atomic E-state index is -2.31. The van der Waals surface area contributed by atoms with Crippen molar-refractivity contribution < 1.29 is 59.4 Å². The Kier molecular flexibility index (Phi) is 14.7. The van der Waals surface area contributed by atoms with Crippen LogP contribution in [0.5, 0.6) is 0 Å². The lowest BCUT2D eigenvalue weighted by atomic mass is 10.0. The zero-order chi connectivity index (χ0) is 28.0. The van der Waals surface area contributed by atoms with E-state index < -0.39 is 84.9 Å². The molecule has 0 bridgehead atoms. The number of aliphatic hydroxyl groups is 4. The van der Waals surface area contributed by atoms with E-state index in [0.717, 1.165) is 0 Å². The summed E-state index contributed by atoms with van der Waals surface area (Å²) >= 11 is 0. The third kappa shape index (κ3) is 12.3. The van der Waals surface area contributed by atoms with Crippen molar-refractivity contribution in [3.8, 4) is 0 Å². The molecule has 0 heterocycles. The number of rotatable bonds is 17. The van der Waals surface area contributed by atoms with Gasteiger partial charge in [0.1, 0.15) is 12.2 Å². The molecule has 18 heteroatoms. The van der Waals surface area contributed by atoms with E-state index in [9.17, 15) is 49.2 Å². The van der Waals surface area contributed by atoms with Crippen LogP contribution in [0.3, 0.4) is 0 Å². The van der Waals surface area contributed by atoms with Crippen LogP contribution in [0.4, 0.5) is 0 Å². The van der Waals surface area contributed by atoms with Crippen molar-refractivity contribution in [2.75, 3.05) is 26.2 Å². The average molecular weight is 524 g/mol. The van der Waals surface area contributed by atoms with Crippen molar-refractivity contribution >= 4 is 35.6 Å². The molecule has 6 atom stereocenters. The van der Waals surface area contributed by atoms with E-state index in [0.29, 0.717) is 0 Å². The van der Waals surface area contributed by atoms with Gasteiger partial charge in [0.25, 0.3) is 11.8 Å². The lowest BCUT2D eigenvalue weighted by molar-refractivity contribution is -0.155. The number of aliphatic carboxylic acids is 2. The molecule has 0 spiro atoms. The molecule has 36 heavy (non-hydrogen) atoms. The van der Waals surface area contributed by atoms with Gasteiger partial charge in [-0.15, -0.1) is 0 Å². The zero-order valence-corrected chi connectivity index (χ0v) is 19.0. The Balaban J connectivity index is 4.42. The van der Waals surface area contributed by atoms with Crippen LogP contribution in [0.15, 0.2) is 0 Å². The summed E-state index contributed by atoms with van der Waals surface area (Å²) < 4.78 is 0. The lowest BCUT2D eigenvalue weighted by Crippen LogP contribution is -2.55. The first-order valence-corrected chi connectivity index (χ1v) is 10.5. The van der Waals surface area contributed by atoms with E-state index >= 15 is 0 Å². The van der Waals surface area contributed by atoms with Gasteiger partial charge in [0.15, 0.2) is 12.2 Å². The summed E-state index contributed by atoms with van der Waals surface area (Å²) in [4.78, 5) is 67.8. The maximum atomic E-state index is 11.9. The SMILES string of the molecule is N[C@H](CC(=O)O)C(=O)NCCNC(=O)[C@@H](O)[C@H](O)[C@H](O)[C@@H](O)C(=O)NCCNC(=O)[C@H](N)CC(=O)O. The maximum Gasteiger partial charge on any atom is 0.305 e. The molecule has 0 fully saturated rings. The molecule has 0 aliphatic carbocycles. The summed E-state index contributed by atoms with van der Waals surface area (Å²) in [6.07, 6.45) is -10.4. The van der Waals surface area contributed by atoms with Gasteiger partial charge in [-0.05, 0) is 0 Å². The molecule has 0 aliphatic heterocycles. The molecule has 4 amide bonds. The predicted molar refractivity (Wildman–Crippen MR) is 117 cm³/mol. The summed E-state index contributed by atoms with van der Waals surface area (Å²) in [5, 5.41) is 65.2. The van der Waals surface area contributed by atoms with Gasteiger partial charge in [-0.25, -0.2) is 0 Å². The number of carbonyl (C=O) groups excluding carboxylic acids is 4. The summed E-state index contributed by atoms with van der Waals surface area (Å²) in [6.45, 7) is -0.998. The summed E-state index contributed by atoms with van der Waals surface area (Å²) in [5.74, 6) is -6.64. The van der Waals surface area contributed by atoms with Gasteiger partial charge in [-0.1, -0.05) is 0 Å².